The van der Waals surface area contributed by atoms with Gasteiger partial charge in [-0.25, -0.2) is 14.6 Å². The molecule has 0 amide bonds. The average molecular weight is 266 g/mol. The molecule has 0 aliphatic rings. The fourth-order valence-electron chi connectivity index (χ4n) is 1.60. The Kier molecular flexibility index (Phi) is 5.78. The molecule has 0 aliphatic heterocycles. The van der Waals surface area contributed by atoms with Gasteiger partial charge in [-0.05, 0) is 25.5 Å². The number of ether oxygens (including phenoxy) is 1. The van der Waals surface area contributed by atoms with Gasteiger partial charge in [-0.2, -0.15) is 0 Å². The third kappa shape index (κ3) is 4.24. The SMILES string of the molecule is CCCC(Nc1ncccc1C(=O)OCC)C(=O)O. The molecule has 1 atom stereocenters. The maximum Gasteiger partial charge on any atom is 0.341 e. The first-order chi connectivity index (χ1) is 9.10. The van der Waals surface area contributed by atoms with Crippen LogP contribution in [-0.2, 0) is 9.53 Å². The Hall–Kier alpha value is -2.11. The fraction of sp³-hybridized carbons (Fsp3) is 0.462. The molecule has 1 heterocycles. The van der Waals surface area contributed by atoms with Crippen molar-refractivity contribution in [2.45, 2.75) is 32.7 Å². The quantitative estimate of drug-likeness (QED) is 0.733. The standard InChI is InChI=1S/C13H18N2O4/c1-3-6-10(12(16)17)15-11-9(7-5-8-14-11)13(18)19-4-2/h5,7-8,10H,3-4,6H2,1-2H3,(H,14,15)(H,16,17). The molecule has 0 saturated carbocycles. The van der Waals surface area contributed by atoms with Crippen LogP contribution in [0.2, 0.25) is 0 Å². The summed E-state index contributed by atoms with van der Waals surface area (Å²) in [6, 6.07) is 2.39. The largest absolute Gasteiger partial charge is 0.480 e. The van der Waals surface area contributed by atoms with Crippen molar-refractivity contribution in [1.82, 2.24) is 4.98 Å². The molecule has 2 N–H and O–H groups in total. The molecule has 0 aliphatic carbocycles. The van der Waals surface area contributed by atoms with Crippen LogP contribution in [0.15, 0.2) is 18.3 Å². The van der Waals surface area contributed by atoms with Gasteiger partial charge in [-0.3, -0.25) is 0 Å². The molecule has 1 aromatic rings. The number of carbonyl (C=O) groups is 2. The topological polar surface area (TPSA) is 88.5 Å². The summed E-state index contributed by atoms with van der Waals surface area (Å²) in [6.45, 7) is 3.85. The van der Waals surface area contributed by atoms with Gasteiger partial charge >= 0.3 is 11.9 Å². The minimum absolute atomic E-state index is 0.238. The lowest BCUT2D eigenvalue weighted by atomic mass is 10.1. The Morgan fingerprint density at radius 1 is 1.47 bits per heavy atom. The maximum absolute atomic E-state index is 11.7. The first kappa shape index (κ1) is 14.9. The molecule has 0 spiro atoms. The molecular formula is C13H18N2O4. The van der Waals surface area contributed by atoms with Gasteiger partial charge in [0.05, 0.1) is 6.61 Å². The number of pyridine rings is 1. The molecule has 104 valence electrons. The zero-order valence-electron chi connectivity index (χ0n) is 11.0. The number of rotatable bonds is 7. The van der Waals surface area contributed by atoms with E-state index < -0.39 is 18.0 Å². The number of carboxylic acids is 1. The van der Waals surface area contributed by atoms with E-state index in [0.29, 0.717) is 12.8 Å². The van der Waals surface area contributed by atoms with Crippen LogP contribution in [-0.4, -0.2) is 34.7 Å². The molecule has 6 heteroatoms. The van der Waals surface area contributed by atoms with Crippen molar-refractivity contribution in [2.24, 2.45) is 0 Å². The van der Waals surface area contributed by atoms with Gasteiger partial charge < -0.3 is 15.2 Å². The third-order valence-electron chi connectivity index (χ3n) is 2.49. The molecule has 0 bridgehead atoms. The van der Waals surface area contributed by atoms with Crippen LogP contribution in [0, 0.1) is 0 Å². The fourth-order valence-corrected chi connectivity index (χ4v) is 1.60. The Labute approximate surface area is 111 Å². The van der Waals surface area contributed by atoms with E-state index in [1.54, 1.807) is 19.1 Å². The number of nitrogens with zero attached hydrogens (tertiary/aromatic N) is 1. The number of aromatic nitrogens is 1. The van der Waals surface area contributed by atoms with Crippen molar-refractivity contribution >= 4 is 17.8 Å². The molecule has 6 nitrogen and oxygen atoms in total. The van der Waals surface area contributed by atoms with E-state index in [0.717, 1.165) is 0 Å². The van der Waals surface area contributed by atoms with Gasteiger partial charge in [-0.15, -0.1) is 0 Å². The van der Waals surface area contributed by atoms with Gasteiger partial charge in [-0.1, -0.05) is 13.3 Å². The maximum atomic E-state index is 11.7. The second-order valence-electron chi connectivity index (χ2n) is 3.94. The molecule has 1 rings (SSSR count). The molecule has 0 saturated heterocycles. The lowest BCUT2D eigenvalue weighted by molar-refractivity contribution is -0.138. The normalized spacial score (nSPS) is 11.7. The lowest BCUT2D eigenvalue weighted by Crippen LogP contribution is -2.30. The van der Waals surface area contributed by atoms with E-state index in [4.69, 9.17) is 9.84 Å². The van der Waals surface area contributed by atoms with E-state index >= 15 is 0 Å². The average Bonchev–Trinajstić information content (AvgIpc) is 2.39. The number of nitrogens with one attached hydrogen (secondary N) is 1. The highest BCUT2D eigenvalue weighted by Crippen LogP contribution is 2.15. The highest BCUT2D eigenvalue weighted by molar-refractivity contribution is 5.95. The van der Waals surface area contributed by atoms with E-state index in [1.807, 2.05) is 6.92 Å². The monoisotopic (exact) mass is 266 g/mol. The van der Waals surface area contributed by atoms with E-state index in [1.165, 1.54) is 6.20 Å². The Bertz CT molecular complexity index is 448. The molecule has 0 fully saturated rings. The highest BCUT2D eigenvalue weighted by atomic mass is 16.5. The second kappa shape index (κ2) is 7.35. The van der Waals surface area contributed by atoms with Crippen molar-refractivity contribution in [3.05, 3.63) is 23.9 Å². The summed E-state index contributed by atoms with van der Waals surface area (Å²) in [7, 11) is 0. The molecule has 0 radical (unpaired) electrons. The Morgan fingerprint density at radius 3 is 2.79 bits per heavy atom. The van der Waals surface area contributed by atoms with E-state index in [-0.39, 0.29) is 18.0 Å². The first-order valence-electron chi connectivity index (χ1n) is 6.21. The van der Waals surface area contributed by atoms with Crippen LogP contribution in [0.1, 0.15) is 37.0 Å². The van der Waals surface area contributed by atoms with Gasteiger partial charge in [0, 0.05) is 6.20 Å². The summed E-state index contributed by atoms with van der Waals surface area (Å²) in [6.07, 6.45) is 2.66. The van der Waals surface area contributed by atoms with Gasteiger partial charge in [0.1, 0.15) is 17.4 Å². The minimum atomic E-state index is -0.970. The molecule has 1 aromatic heterocycles. The number of aliphatic carboxylic acids is 1. The van der Waals surface area contributed by atoms with Gasteiger partial charge in [0.2, 0.25) is 0 Å². The van der Waals surface area contributed by atoms with Crippen LogP contribution in [0.4, 0.5) is 5.82 Å². The van der Waals surface area contributed by atoms with Crippen LogP contribution in [0.5, 0.6) is 0 Å². The lowest BCUT2D eigenvalue weighted by Gasteiger charge is -2.16. The van der Waals surface area contributed by atoms with E-state index in [9.17, 15) is 9.59 Å². The van der Waals surface area contributed by atoms with Crippen molar-refractivity contribution in [3.8, 4) is 0 Å². The van der Waals surface area contributed by atoms with Crippen molar-refractivity contribution < 1.29 is 19.4 Å². The van der Waals surface area contributed by atoms with E-state index in [2.05, 4.69) is 10.3 Å². The zero-order chi connectivity index (χ0) is 14.3. The molecule has 0 aromatic carbocycles. The molecule has 19 heavy (non-hydrogen) atoms. The number of carbonyl (C=O) groups excluding carboxylic acids is 1. The number of anilines is 1. The third-order valence-corrected chi connectivity index (χ3v) is 2.49. The van der Waals surface area contributed by atoms with Crippen LogP contribution < -0.4 is 5.32 Å². The van der Waals surface area contributed by atoms with Crippen LogP contribution in [0.25, 0.3) is 0 Å². The van der Waals surface area contributed by atoms with Gasteiger partial charge in [0.15, 0.2) is 0 Å². The molecule has 1 unspecified atom stereocenters. The smallest absolute Gasteiger partial charge is 0.341 e. The Balaban J connectivity index is 2.93. The summed E-state index contributed by atoms with van der Waals surface area (Å²) in [5.41, 5.74) is 0.242. The summed E-state index contributed by atoms with van der Waals surface area (Å²) in [5, 5.41) is 11.9. The van der Waals surface area contributed by atoms with Crippen molar-refractivity contribution in [3.63, 3.8) is 0 Å². The second-order valence-corrected chi connectivity index (χ2v) is 3.94. The summed E-state index contributed by atoms with van der Waals surface area (Å²) in [5.74, 6) is -1.25. The van der Waals surface area contributed by atoms with Crippen LogP contribution in [0.3, 0.4) is 0 Å². The number of hydrogen-bond acceptors (Lipinski definition) is 5. The summed E-state index contributed by atoms with van der Waals surface area (Å²) in [4.78, 5) is 26.8. The predicted molar refractivity (Wildman–Crippen MR) is 70.1 cm³/mol. The summed E-state index contributed by atoms with van der Waals surface area (Å²) < 4.78 is 4.90. The van der Waals surface area contributed by atoms with Crippen molar-refractivity contribution in [2.75, 3.05) is 11.9 Å². The zero-order valence-corrected chi connectivity index (χ0v) is 11.0. The van der Waals surface area contributed by atoms with Crippen LogP contribution >= 0.6 is 0 Å². The predicted octanol–water partition coefficient (Wildman–Crippen LogP) is 1.92. The highest BCUT2D eigenvalue weighted by Gasteiger charge is 2.20. The number of hydrogen-bond donors (Lipinski definition) is 2. The number of carboxylic acid groups (broad SMARTS) is 1. The number of esters is 1. The van der Waals surface area contributed by atoms with Gasteiger partial charge in [0.25, 0.3) is 0 Å². The summed E-state index contributed by atoms with van der Waals surface area (Å²) >= 11 is 0. The Morgan fingerprint density at radius 2 is 2.21 bits per heavy atom. The first-order valence-corrected chi connectivity index (χ1v) is 6.21. The van der Waals surface area contributed by atoms with Crippen molar-refractivity contribution in [1.29, 1.82) is 0 Å². The minimum Gasteiger partial charge on any atom is -0.480 e. The molecular weight excluding hydrogens is 248 g/mol.